The van der Waals surface area contributed by atoms with E-state index in [-0.39, 0.29) is 16.5 Å². The molecule has 1 aliphatic heterocycles. The molecule has 8 nitrogen and oxygen atoms in total. The van der Waals surface area contributed by atoms with Crippen molar-refractivity contribution in [1.29, 1.82) is 0 Å². The first kappa shape index (κ1) is 22.2. The topological polar surface area (TPSA) is 84.2 Å². The van der Waals surface area contributed by atoms with Crippen LogP contribution in [0.1, 0.15) is 22.2 Å². The van der Waals surface area contributed by atoms with Gasteiger partial charge >= 0.3 is 5.70 Å². The number of rotatable bonds is 6. The fourth-order valence-electron chi connectivity index (χ4n) is 3.44. The molecule has 2 aromatic rings. The van der Waals surface area contributed by atoms with E-state index >= 15 is 0 Å². The highest BCUT2D eigenvalue weighted by Crippen LogP contribution is 2.33. The molecule has 3 rings (SSSR count). The molecule has 2 amide bonds. The summed E-state index contributed by atoms with van der Waals surface area (Å²) in [6.45, 7) is 3.50. The molecule has 158 valence electrons. The zero-order chi connectivity index (χ0) is 21.8. The molecular weight excluding hydrogens is 519 g/mol. The van der Waals surface area contributed by atoms with Crippen LogP contribution in [0.25, 0.3) is 5.70 Å². The minimum Gasteiger partial charge on any atom is -0.362 e. The summed E-state index contributed by atoms with van der Waals surface area (Å²) >= 11 is 3.58. The molecule has 1 saturated heterocycles. The van der Waals surface area contributed by atoms with E-state index in [1.54, 1.807) is 11.9 Å². The van der Waals surface area contributed by atoms with E-state index in [2.05, 4.69) is 22.6 Å². The van der Waals surface area contributed by atoms with Gasteiger partial charge in [-0.25, -0.2) is 5.21 Å². The van der Waals surface area contributed by atoms with Gasteiger partial charge in [0.1, 0.15) is 5.70 Å². The fraction of sp³-hybridized carbons (Fsp3) is 0.300. The third kappa shape index (κ3) is 4.64. The lowest BCUT2D eigenvalue weighted by Gasteiger charge is -2.37. The predicted molar refractivity (Wildman–Crippen MR) is 123 cm³/mol. The van der Waals surface area contributed by atoms with Crippen LogP contribution in [0.2, 0.25) is 0 Å². The molecular formula is C20H22IN4O4S+. The summed E-state index contributed by atoms with van der Waals surface area (Å²) in [6.07, 6.45) is 0.699. The Morgan fingerprint density at radius 1 is 1.23 bits per heavy atom. The highest BCUT2D eigenvalue weighted by Gasteiger charge is 2.31. The molecule has 0 bridgehead atoms. The van der Waals surface area contributed by atoms with Crippen molar-refractivity contribution in [2.45, 2.75) is 6.92 Å². The van der Waals surface area contributed by atoms with Crippen LogP contribution in [-0.4, -0.2) is 65.5 Å². The number of amides is 2. The zero-order valence-corrected chi connectivity index (χ0v) is 19.6. The van der Waals surface area contributed by atoms with Gasteiger partial charge in [0.25, 0.3) is 10.8 Å². The lowest BCUT2D eigenvalue weighted by atomic mass is 10.0. The van der Waals surface area contributed by atoms with Crippen molar-refractivity contribution in [3.8, 4) is 0 Å². The van der Waals surface area contributed by atoms with E-state index < -0.39 is 0 Å². The fourth-order valence-corrected chi connectivity index (χ4v) is 4.62. The number of benzene rings is 1. The number of thiophene rings is 1. The van der Waals surface area contributed by atoms with Gasteiger partial charge in [-0.1, -0.05) is 6.07 Å². The van der Waals surface area contributed by atoms with Gasteiger partial charge in [-0.3, -0.25) is 9.59 Å². The molecule has 0 saturated carbocycles. The number of anilines is 1. The molecule has 2 heterocycles. The van der Waals surface area contributed by atoms with Crippen LogP contribution in [0, 0.1) is 8.48 Å². The Hall–Kier alpha value is -2.47. The summed E-state index contributed by atoms with van der Waals surface area (Å²) in [4.78, 5) is 41.6. The van der Waals surface area contributed by atoms with Crippen LogP contribution in [0.3, 0.4) is 0 Å². The van der Waals surface area contributed by atoms with E-state index in [1.807, 2.05) is 40.6 Å². The maximum atomic E-state index is 12.6. The van der Waals surface area contributed by atoms with Gasteiger partial charge in [0, 0.05) is 49.3 Å². The highest BCUT2D eigenvalue weighted by molar-refractivity contribution is 14.1. The number of halogens is 1. The predicted octanol–water partition coefficient (Wildman–Crippen LogP) is 3.26. The number of nitrogens with zero attached hydrogens (tertiary/aromatic N) is 4. The Labute approximate surface area is 192 Å². The maximum absolute atomic E-state index is 12.6. The number of piperazine rings is 1. The Kier molecular flexibility index (Phi) is 7.08. The Morgan fingerprint density at radius 2 is 1.90 bits per heavy atom. The van der Waals surface area contributed by atoms with Crippen molar-refractivity contribution < 1.29 is 19.7 Å². The van der Waals surface area contributed by atoms with Crippen LogP contribution < -0.4 is 4.90 Å². The summed E-state index contributed by atoms with van der Waals surface area (Å²) < 4.78 is 0.929. The van der Waals surface area contributed by atoms with Crippen molar-refractivity contribution in [2.75, 3.05) is 38.1 Å². The highest BCUT2D eigenvalue weighted by atomic mass is 127. The van der Waals surface area contributed by atoms with Crippen LogP contribution in [-0.2, 0) is 4.79 Å². The van der Waals surface area contributed by atoms with Gasteiger partial charge in [-0.2, -0.15) is 0 Å². The molecule has 0 unspecified atom stereocenters. The van der Waals surface area contributed by atoms with Gasteiger partial charge in [-0.15, -0.1) is 11.3 Å². The third-order valence-corrected chi connectivity index (χ3v) is 6.53. The normalized spacial score (nSPS) is 14.9. The summed E-state index contributed by atoms with van der Waals surface area (Å²) in [5.74, 6) is -0.00449. The van der Waals surface area contributed by atoms with E-state index in [0.29, 0.717) is 54.4 Å². The van der Waals surface area contributed by atoms with Gasteiger partial charge in [0.05, 0.1) is 15.5 Å². The number of hydrogen-bond acceptors (Lipinski definition) is 5. The van der Waals surface area contributed by atoms with Crippen molar-refractivity contribution in [3.05, 3.63) is 60.3 Å². The molecule has 1 fully saturated rings. The first-order valence-electron chi connectivity index (χ1n) is 9.26. The monoisotopic (exact) mass is 541 g/mol. The van der Waals surface area contributed by atoms with Gasteiger partial charge in [-0.05, 0) is 52.2 Å². The van der Waals surface area contributed by atoms with Crippen molar-refractivity contribution in [1.82, 2.24) is 9.80 Å². The second-order valence-corrected chi connectivity index (χ2v) is 9.03. The van der Waals surface area contributed by atoms with Crippen molar-refractivity contribution in [3.63, 3.8) is 0 Å². The van der Waals surface area contributed by atoms with Crippen molar-refractivity contribution >= 4 is 57.6 Å². The molecule has 30 heavy (non-hydrogen) atoms. The van der Waals surface area contributed by atoms with E-state index in [4.69, 9.17) is 0 Å². The molecule has 1 N–H and O–H groups in total. The standard InChI is InChI=1S/C20H22IN4O4S/c1-14(25(28)29)19(16-12-15(21)5-6-17(16)22(2)13-26)23-7-9-24(10-8-23)20(27)18-4-3-11-30-18/h3-6,11-13H,7-10H2,1-2H3,(H,28,29)/q+1/b19-14-. The van der Waals surface area contributed by atoms with E-state index in [1.165, 1.54) is 23.2 Å². The van der Waals surface area contributed by atoms with Gasteiger partial charge in [0.2, 0.25) is 6.41 Å². The molecule has 0 aliphatic carbocycles. The van der Waals surface area contributed by atoms with Crippen LogP contribution >= 0.6 is 33.9 Å². The number of carbonyl (C=O) groups is 2. The van der Waals surface area contributed by atoms with E-state index in [9.17, 15) is 19.7 Å². The van der Waals surface area contributed by atoms with Crippen LogP contribution in [0.15, 0.2) is 41.4 Å². The summed E-state index contributed by atoms with van der Waals surface area (Å²) in [5.41, 5.74) is 1.95. The molecule has 10 heteroatoms. The second-order valence-electron chi connectivity index (χ2n) is 6.84. The molecule has 1 aromatic heterocycles. The number of allylic oxidation sites excluding steroid dienone is 1. The minimum atomic E-state index is -0.150. The minimum absolute atomic E-state index is 0.00449. The van der Waals surface area contributed by atoms with Gasteiger partial charge in [0.15, 0.2) is 0 Å². The summed E-state index contributed by atoms with van der Waals surface area (Å²) in [6, 6.07) is 9.22. The Morgan fingerprint density at radius 3 is 2.47 bits per heavy atom. The molecule has 0 radical (unpaired) electrons. The number of hydrogen-bond donors (Lipinski definition) is 1. The smallest absolute Gasteiger partial charge is 0.314 e. The average molecular weight is 541 g/mol. The molecule has 1 aliphatic rings. The quantitative estimate of drug-likeness (QED) is 0.345. The lowest BCUT2D eigenvalue weighted by Crippen LogP contribution is -2.48. The largest absolute Gasteiger partial charge is 0.362 e. The zero-order valence-electron chi connectivity index (χ0n) is 16.6. The Balaban J connectivity index is 1.94. The first-order chi connectivity index (χ1) is 14.3. The van der Waals surface area contributed by atoms with Crippen molar-refractivity contribution in [2.24, 2.45) is 0 Å². The average Bonchev–Trinajstić information content (AvgIpc) is 3.28. The molecule has 1 aromatic carbocycles. The number of carbonyl (C=O) groups excluding carboxylic acids is 2. The van der Waals surface area contributed by atoms with Crippen LogP contribution in [0.5, 0.6) is 0 Å². The second kappa shape index (κ2) is 9.56. The van der Waals surface area contributed by atoms with Gasteiger partial charge < -0.3 is 14.7 Å². The Bertz CT molecular complexity index is 985. The lowest BCUT2D eigenvalue weighted by molar-refractivity contribution is -0.754. The van der Waals surface area contributed by atoms with Crippen LogP contribution in [0.4, 0.5) is 5.69 Å². The third-order valence-electron chi connectivity index (χ3n) is 5.00. The SMILES string of the molecule is C/C(=C(\c1cc(I)ccc1N(C)C=O)N1CCN(C(=O)c2cccs2)CC1)[N+](=O)O. The molecule has 0 spiro atoms. The molecule has 0 atom stereocenters. The summed E-state index contributed by atoms with van der Waals surface area (Å²) in [7, 11) is 1.64. The maximum Gasteiger partial charge on any atom is 0.314 e. The summed E-state index contributed by atoms with van der Waals surface area (Å²) in [5, 5.41) is 11.5. The van der Waals surface area contributed by atoms with E-state index in [0.717, 1.165) is 3.57 Å². The first-order valence-corrected chi connectivity index (χ1v) is 11.2.